The van der Waals surface area contributed by atoms with Crippen LogP contribution in [0.2, 0.25) is 0 Å². The van der Waals surface area contributed by atoms with Gasteiger partial charge in [-0.2, -0.15) is 0 Å². The molecule has 0 bridgehead atoms. The van der Waals surface area contributed by atoms with Crippen molar-refractivity contribution < 1.29 is 9.13 Å². The molecule has 0 radical (unpaired) electrons. The molecule has 17 heavy (non-hydrogen) atoms. The summed E-state index contributed by atoms with van der Waals surface area (Å²) in [4.78, 5) is 0. The first-order valence-electron chi connectivity index (χ1n) is 5.88. The summed E-state index contributed by atoms with van der Waals surface area (Å²) < 4.78 is 20.2. The third kappa shape index (κ3) is 2.54. The molecule has 94 valence electrons. The first-order chi connectivity index (χ1) is 8.04. The maximum absolute atomic E-state index is 14.0. The second-order valence-corrected chi connectivity index (χ2v) is 5.59. The lowest BCUT2D eigenvalue weighted by atomic mass is 9.84. The zero-order valence-electron chi connectivity index (χ0n) is 9.88. The first kappa shape index (κ1) is 13.0. The van der Waals surface area contributed by atoms with Crippen molar-refractivity contribution in [2.24, 2.45) is 5.73 Å². The predicted molar refractivity (Wildman–Crippen MR) is 69.2 cm³/mol. The number of halogens is 2. The summed E-state index contributed by atoms with van der Waals surface area (Å²) in [6.07, 6.45) is 3.02. The SMILES string of the molecule is CC1(C(N)c2cccc(Br)c2F)CCCCO1. The van der Waals surface area contributed by atoms with Crippen molar-refractivity contribution in [1.29, 1.82) is 0 Å². The van der Waals surface area contributed by atoms with Crippen molar-refractivity contribution >= 4 is 15.9 Å². The van der Waals surface area contributed by atoms with E-state index in [9.17, 15) is 4.39 Å². The van der Waals surface area contributed by atoms with Gasteiger partial charge < -0.3 is 10.5 Å². The molecule has 1 saturated heterocycles. The van der Waals surface area contributed by atoms with Crippen LogP contribution in [0.3, 0.4) is 0 Å². The van der Waals surface area contributed by atoms with Gasteiger partial charge in [-0.1, -0.05) is 12.1 Å². The minimum Gasteiger partial charge on any atom is -0.373 e. The Morgan fingerprint density at radius 2 is 2.24 bits per heavy atom. The Labute approximate surface area is 109 Å². The number of benzene rings is 1. The Hall–Kier alpha value is -0.450. The van der Waals surface area contributed by atoms with Gasteiger partial charge in [-0.3, -0.25) is 0 Å². The molecule has 2 unspecified atom stereocenters. The minimum atomic E-state index is -0.458. The Balaban J connectivity index is 2.29. The van der Waals surface area contributed by atoms with Crippen molar-refractivity contribution in [3.63, 3.8) is 0 Å². The monoisotopic (exact) mass is 301 g/mol. The van der Waals surface area contributed by atoms with Crippen molar-refractivity contribution in [3.05, 3.63) is 34.1 Å². The van der Waals surface area contributed by atoms with Gasteiger partial charge in [-0.05, 0) is 48.2 Å². The molecule has 1 heterocycles. The van der Waals surface area contributed by atoms with Crippen LogP contribution in [-0.4, -0.2) is 12.2 Å². The molecule has 2 nitrogen and oxygen atoms in total. The molecule has 2 rings (SSSR count). The molecule has 1 aromatic carbocycles. The summed E-state index contributed by atoms with van der Waals surface area (Å²) in [5.41, 5.74) is 6.25. The van der Waals surface area contributed by atoms with Crippen LogP contribution in [0.15, 0.2) is 22.7 Å². The molecule has 0 aliphatic carbocycles. The normalized spacial score (nSPS) is 26.8. The molecule has 1 fully saturated rings. The van der Waals surface area contributed by atoms with Crippen LogP contribution in [0.25, 0.3) is 0 Å². The highest BCUT2D eigenvalue weighted by Gasteiger charge is 2.36. The second-order valence-electron chi connectivity index (χ2n) is 4.74. The lowest BCUT2D eigenvalue weighted by Crippen LogP contribution is -2.43. The van der Waals surface area contributed by atoms with Crippen LogP contribution >= 0.6 is 15.9 Å². The molecule has 0 saturated carbocycles. The fourth-order valence-corrected chi connectivity index (χ4v) is 2.67. The predicted octanol–water partition coefficient (Wildman–Crippen LogP) is 3.55. The lowest BCUT2D eigenvalue weighted by molar-refractivity contribution is -0.0826. The zero-order chi connectivity index (χ0) is 12.5. The molecule has 0 aromatic heterocycles. The van der Waals surface area contributed by atoms with Crippen LogP contribution in [0.4, 0.5) is 4.39 Å². The zero-order valence-corrected chi connectivity index (χ0v) is 11.5. The highest BCUT2D eigenvalue weighted by atomic mass is 79.9. The summed E-state index contributed by atoms with van der Waals surface area (Å²) in [7, 11) is 0. The smallest absolute Gasteiger partial charge is 0.142 e. The fraction of sp³-hybridized carbons (Fsp3) is 0.538. The first-order valence-corrected chi connectivity index (χ1v) is 6.67. The summed E-state index contributed by atoms with van der Waals surface area (Å²) in [6.45, 7) is 2.68. The average molecular weight is 302 g/mol. The molecular weight excluding hydrogens is 285 g/mol. The molecule has 4 heteroatoms. The summed E-state index contributed by atoms with van der Waals surface area (Å²) in [5, 5.41) is 0. The highest BCUT2D eigenvalue weighted by Crippen LogP contribution is 2.36. The van der Waals surface area contributed by atoms with Crippen LogP contribution in [-0.2, 0) is 4.74 Å². The number of hydrogen-bond acceptors (Lipinski definition) is 2. The van der Waals surface area contributed by atoms with Crippen LogP contribution in [0.5, 0.6) is 0 Å². The van der Waals surface area contributed by atoms with Crippen LogP contribution < -0.4 is 5.73 Å². The van der Waals surface area contributed by atoms with E-state index >= 15 is 0 Å². The van der Waals surface area contributed by atoms with E-state index in [4.69, 9.17) is 10.5 Å². The Morgan fingerprint density at radius 1 is 1.47 bits per heavy atom. The van der Waals surface area contributed by atoms with E-state index in [1.54, 1.807) is 18.2 Å². The fourth-order valence-electron chi connectivity index (χ4n) is 2.29. The van der Waals surface area contributed by atoms with Gasteiger partial charge in [0.25, 0.3) is 0 Å². The third-order valence-electron chi connectivity index (χ3n) is 3.47. The Morgan fingerprint density at radius 3 is 2.88 bits per heavy atom. The van der Waals surface area contributed by atoms with Crippen molar-refractivity contribution in [2.75, 3.05) is 6.61 Å². The average Bonchev–Trinajstić information content (AvgIpc) is 2.33. The Bertz CT molecular complexity index is 404. The lowest BCUT2D eigenvalue weighted by Gasteiger charge is -2.39. The van der Waals surface area contributed by atoms with Gasteiger partial charge in [0.1, 0.15) is 5.82 Å². The van der Waals surface area contributed by atoms with E-state index in [2.05, 4.69) is 15.9 Å². The van der Waals surface area contributed by atoms with Gasteiger partial charge in [-0.25, -0.2) is 4.39 Å². The maximum Gasteiger partial charge on any atom is 0.142 e. The van der Waals surface area contributed by atoms with Crippen molar-refractivity contribution in [2.45, 2.75) is 37.8 Å². The van der Waals surface area contributed by atoms with Crippen LogP contribution in [0, 0.1) is 5.82 Å². The van der Waals surface area contributed by atoms with E-state index in [1.807, 2.05) is 6.92 Å². The van der Waals surface area contributed by atoms with E-state index in [-0.39, 0.29) is 5.82 Å². The number of rotatable bonds is 2. The highest BCUT2D eigenvalue weighted by molar-refractivity contribution is 9.10. The van der Waals surface area contributed by atoms with E-state index in [0.29, 0.717) is 16.6 Å². The quantitative estimate of drug-likeness (QED) is 0.907. The minimum absolute atomic E-state index is 0.282. The molecule has 0 spiro atoms. The van der Waals surface area contributed by atoms with Crippen molar-refractivity contribution in [3.8, 4) is 0 Å². The molecule has 2 atom stereocenters. The van der Waals surface area contributed by atoms with E-state index < -0.39 is 11.6 Å². The van der Waals surface area contributed by atoms with Gasteiger partial charge >= 0.3 is 0 Å². The second kappa shape index (κ2) is 5.04. The summed E-state index contributed by atoms with van der Waals surface area (Å²) in [5.74, 6) is -0.282. The number of hydrogen-bond donors (Lipinski definition) is 1. The molecule has 1 aliphatic rings. The molecular formula is C13H17BrFNO. The van der Waals surface area contributed by atoms with Crippen LogP contribution in [0.1, 0.15) is 37.8 Å². The van der Waals surface area contributed by atoms with Crippen molar-refractivity contribution in [1.82, 2.24) is 0 Å². The Kier molecular flexibility index (Phi) is 3.85. The summed E-state index contributed by atoms with van der Waals surface area (Å²) >= 11 is 3.18. The number of nitrogens with two attached hydrogens (primary N) is 1. The standard InChI is InChI=1S/C13H17BrFNO/c1-13(7-2-3-8-17-13)12(16)9-5-4-6-10(14)11(9)15/h4-6,12H,2-3,7-8,16H2,1H3. The van der Waals surface area contributed by atoms with E-state index in [1.165, 1.54) is 0 Å². The summed E-state index contributed by atoms with van der Waals surface area (Å²) in [6, 6.07) is 4.78. The molecule has 0 amide bonds. The van der Waals surface area contributed by atoms with Gasteiger partial charge in [-0.15, -0.1) is 0 Å². The largest absolute Gasteiger partial charge is 0.373 e. The molecule has 2 N–H and O–H groups in total. The molecule has 1 aliphatic heterocycles. The van der Waals surface area contributed by atoms with Gasteiger partial charge in [0.05, 0.1) is 16.1 Å². The van der Waals surface area contributed by atoms with Gasteiger partial charge in [0.15, 0.2) is 0 Å². The topological polar surface area (TPSA) is 35.2 Å². The van der Waals surface area contributed by atoms with Gasteiger partial charge in [0, 0.05) is 12.2 Å². The third-order valence-corrected chi connectivity index (χ3v) is 4.09. The number of ether oxygens (including phenoxy) is 1. The maximum atomic E-state index is 14.0. The molecule has 1 aromatic rings. The van der Waals surface area contributed by atoms with E-state index in [0.717, 1.165) is 19.3 Å². The van der Waals surface area contributed by atoms with Gasteiger partial charge in [0.2, 0.25) is 0 Å².